The lowest BCUT2D eigenvalue weighted by Gasteiger charge is -2.27. The summed E-state index contributed by atoms with van der Waals surface area (Å²) < 4.78 is 41.5. The fourth-order valence-corrected chi connectivity index (χ4v) is 1.92. The fourth-order valence-electron chi connectivity index (χ4n) is 1.92. The van der Waals surface area contributed by atoms with Crippen LogP contribution in [0.15, 0.2) is 36.5 Å². The van der Waals surface area contributed by atoms with E-state index >= 15 is 0 Å². The lowest BCUT2D eigenvalue weighted by atomic mass is 9.90. The summed E-state index contributed by atoms with van der Waals surface area (Å²) in [5, 5.41) is 14.1. The van der Waals surface area contributed by atoms with E-state index in [1.807, 2.05) is 6.07 Å². The van der Waals surface area contributed by atoms with Crippen LogP contribution in [-0.4, -0.2) is 36.0 Å². The normalized spacial score (nSPS) is 13.4. The predicted octanol–water partition coefficient (Wildman–Crippen LogP) is 2.95. The number of rotatable bonds is 8. The van der Waals surface area contributed by atoms with Gasteiger partial charge in [0, 0.05) is 12.3 Å². The molecule has 0 aromatic heterocycles. The van der Waals surface area contributed by atoms with Crippen LogP contribution >= 0.6 is 0 Å². The minimum Gasteiger partial charge on any atom is -0.452 e. The molecule has 29 heavy (non-hydrogen) atoms. The molecular weight excluding hydrogens is 391 g/mol. The molecule has 0 spiro atoms. The Labute approximate surface area is 165 Å². The molecule has 0 aliphatic carbocycles. The molecule has 0 unspecified atom stereocenters. The SMILES string of the molecule is CC(C)[C@@](C)(C#N)NC(=O)COC(=O)c1ccccc1N/C=C/C(=O)C(F)(F)F. The predicted molar refractivity (Wildman–Crippen MR) is 97.5 cm³/mol. The van der Waals surface area contributed by atoms with Crippen molar-refractivity contribution in [3.63, 3.8) is 0 Å². The number of alkyl halides is 3. The van der Waals surface area contributed by atoms with Crippen LogP contribution in [0.25, 0.3) is 0 Å². The first kappa shape index (κ1) is 23.7. The fraction of sp³-hybridized carbons (Fsp3) is 0.368. The summed E-state index contributed by atoms with van der Waals surface area (Å²) in [7, 11) is 0. The van der Waals surface area contributed by atoms with Crippen molar-refractivity contribution in [1.82, 2.24) is 5.32 Å². The highest BCUT2D eigenvalue weighted by atomic mass is 19.4. The van der Waals surface area contributed by atoms with Crippen molar-refractivity contribution in [2.45, 2.75) is 32.5 Å². The molecule has 0 aliphatic heterocycles. The van der Waals surface area contributed by atoms with Gasteiger partial charge in [0.2, 0.25) is 0 Å². The third kappa shape index (κ3) is 6.95. The van der Waals surface area contributed by atoms with Gasteiger partial charge < -0.3 is 15.4 Å². The van der Waals surface area contributed by atoms with Crippen LogP contribution in [0.5, 0.6) is 0 Å². The summed E-state index contributed by atoms with van der Waals surface area (Å²) >= 11 is 0. The number of hydrogen-bond donors (Lipinski definition) is 2. The number of ketones is 1. The van der Waals surface area contributed by atoms with Crippen molar-refractivity contribution in [2.24, 2.45) is 5.92 Å². The summed E-state index contributed by atoms with van der Waals surface area (Å²) in [6.45, 7) is 4.37. The number of para-hydroxylation sites is 1. The number of allylic oxidation sites excluding steroid dienone is 1. The maximum absolute atomic E-state index is 12.2. The molecule has 1 aromatic carbocycles. The van der Waals surface area contributed by atoms with E-state index in [-0.39, 0.29) is 23.2 Å². The topological polar surface area (TPSA) is 108 Å². The lowest BCUT2D eigenvalue weighted by molar-refractivity contribution is -0.165. The van der Waals surface area contributed by atoms with Gasteiger partial charge in [-0.25, -0.2) is 4.79 Å². The molecule has 156 valence electrons. The number of carbonyl (C=O) groups excluding carboxylic acids is 3. The van der Waals surface area contributed by atoms with E-state index in [4.69, 9.17) is 4.74 Å². The number of esters is 1. The maximum atomic E-state index is 12.2. The Morgan fingerprint density at radius 1 is 1.24 bits per heavy atom. The van der Waals surface area contributed by atoms with Crippen LogP contribution in [0.2, 0.25) is 0 Å². The number of anilines is 1. The molecule has 1 rings (SSSR count). The van der Waals surface area contributed by atoms with E-state index < -0.39 is 36.0 Å². The molecule has 7 nitrogen and oxygen atoms in total. The summed E-state index contributed by atoms with van der Waals surface area (Å²) in [4.78, 5) is 35.0. The van der Waals surface area contributed by atoms with Crippen molar-refractivity contribution < 1.29 is 32.3 Å². The Balaban J connectivity index is 2.77. The van der Waals surface area contributed by atoms with Gasteiger partial charge in [0.15, 0.2) is 6.61 Å². The number of nitrogens with zero attached hydrogens (tertiary/aromatic N) is 1. The zero-order chi connectivity index (χ0) is 22.2. The molecule has 2 N–H and O–H groups in total. The van der Waals surface area contributed by atoms with Gasteiger partial charge in [0.25, 0.3) is 11.7 Å². The molecule has 0 heterocycles. The van der Waals surface area contributed by atoms with Crippen LogP contribution in [-0.2, 0) is 14.3 Å². The third-order valence-electron chi connectivity index (χ3n) is 4.02. The average Bonchev–Trinajstić information content (AvgIpc) is 2.65. The molecule has 1 atom stereocenters. The second kappa shape index (κ2) is 9.73. The number of hydrogen-bond acceptors (Lipinski definition) is 6. The number of nitriles is 1. The lowest BCUT2D eigenvalue weighted by Crippen LogP contribution is -2.50. The Morgan fingerprint density at radius 2 is 1.86 bits per heavy atom. The van der Waals surface area contributed by atoms with Gasteiger partial charge in [-0.3, -0.25) is 9.59 Å². The van der Waals surface area contributed by atoms with Gasteiger partial charge in [-0.05, 0) is 25.0 Å². The molecule has 0 radical (unpaired) electrons. The highest BCUT2D eigenvalue weighted by Crippen LogP contribution is 2.19. The summed E-state index contributed by atoms with van der Waals surface area (Å²) in [6, 6.07) is 7.68. The number of carbonyl (C=O) groups is 3. The van der Waals surface area contributed by atoms with Crippen LogP contribution in [0, 0.1) is 17.2 Å². The summed E-state index contributed by atoms with van der Waals surface area (Å²) in [6.07, 6.45) is -3.97. The van der Waals surface area contributed by atoms with Crippen LogP contribution in [0.3, 0.4) is 0 Å². The summed E-state index contributed by atoms with van der Waals surface area (Å²) in [5.74, 6) is -3.85. The molecule has 1 aromatic rings. The highest BCUT2D eigenvalue weighted by molar-refractivity contribution is 5.98. The van der Waals surface area contributed by atoms with Gasteiger partial charge in [0.05, 0.1) is 17.3 Å². The van der Waals surface area contributed by atoms with Gasteiger partial charge in [-0.1, -0.05) is 26.0 Å². The summed E-state index contributed by atoms with van der Waals surface area (Å²) in [5.41, 5.74) is -1.12. The Morgan fingerprint density at radius 3 is 2.41 bits per heavy atom. The van der Waals surface area contributed by atoms with Crippen LogP contribution < -0.4 is 10.6 Å². The Bertz CT molecular complexity index is 844. The number of halogens is 3. The van der Waals surface area contributed by atoms with E-state index in [2.05, 4.69) is 10.6 Å². The van der Waals surface area contributed by atoms with Crippen molar-refractivity contribution >= 4 is 23.3 Å². The Hall–Kier alpha value is -3.35. The van der Waals surface area contributed by atoms with Gasteiger partial charge in [-0.2, -0.15) is 18.4 Å². The molecule has 0 bridgehead atoms. The van der Waals surface area contributed by atoms with E-state index in [1.54, 1.807) is 13.8 Å². The second-order valence-corrected chi connectivity index (χ2v) is 6.48. The number of amides is 1. The Kier molecular flexibility index (Phi) is 7.95. The average molecular weight is 411 g/mol. The minimum atomic E-state index is -5.00. The molecule has 0 saturated heterocycles. The molecule has 0 aliphatic rings. The number of ether oxygens (including phenoxy) is 1. The molecule has 1 amide bonds. The van der Waals surface area contributed by atoms with Crippen molar-refractivity contribution in [1.29, 1.82) is 5.26 Å². The molecule has 0 saturated carbocycles. The minimum absolute atomic E-state index is 0.0590. The van der Waals surface area contributed by atoms with E-state index in [1.165, 1.54) is 31.2 Å². The highest BCUT2D eigenvalue weighted by Gasteiger charge is 2.36. The van der Waals surface area contributed by atoms with E-state index in [9.17, 15) is 32.8 Å². The van der Waals surface area contributed by atoms with Gasteiger partial charge in [0.1, 0.15) is 5.54 Å². The van der Waals surface area contributed by atoms with Crippen molar-refractivity contribution in [2.75, 3.05) is 11.9 Å². The van der Waals surface area contributed by atoms with Gasteiger partial charge >= 0.3 is 12.1 Å². The first-order chi connectivity index (χ1) is 13.4. The zero-order valence-corrected chi connectivity index (χ0v) is 16.0. The van der Waals surface area contributed by atoms with E-state index in [0.29, 0.717) is 0 Å². The number of benzene rings is 1. The zero-order valence-electron chi connectivity index (χ0n) is 16.0. The van der Waals surface area contributed by atoms with Crippen LogP contribution in [0.4, 0.5) is 18.9 Å². The standard InChI is InChI=1S/C19H20F3N3O4/c1-12(2)18(3,11-23)25-16(27)10-29-17(28)13-6-4-5-7-14(13)24-9-8-15(26)19(20,21)22/h4-9,12,24H,10H2,1-3H3,(H,25,27)/b9-8+/t18-/m1/s1. The first-order valence-corrected chi connectivity index (χ1v) is 8.43. The third-order valence-corrected chi connectivity index (χ3v) is 4.02. The van der Waals surface area contributed by atoms with Crippen molar-refractivity contribution in [3.05, 3.63) is 42.1 Å². The molecule has 10 heteroatoms. The first-order valence-electron chi connectivity index (χ1n) is 8.43. The van der Waals surface area contributed by atoms with Gasteiger partial charge in [-0.15, -0.1) is 0 Å². The van der Waals surface area contributed by atoms with E-state index in [0.717, 1.165) is 6.20 Å². The number of nitrogens with one attached hydrogen (secondary N) is 2. The van der Waals surface area contributed by atoms with Crippen LogP contribution in [0.1, 0.15) is 31.1 Å². The largest absolute Gasteiger partial charge is 0.454 e. The molecule has 0 fully saturated rings. The molecular formula is C19H20F3N3O4. The smallest absolute Gasteiger partial charge is 0.452 e. The quantitative estimate of drug-likeness (QED) is 0.503. The second-order valence-electron chi connectivity index (χ2n) is 6.48. The van der Waals surface area contributed by atoms with Crippen molar-refractivity contribution in [3.8, 4) is 6.07 Å². The maximum Gasteiger partial charge on any atom is 0.454 e. The monoisotopic (exact) mass is 411 g/mol.